The molecule has 0 aromatic heterocycles. The first-order valence-corrected chi connectivity index (χ1v) is 6.59. The van der Waals surface area contributed by atoms with Crippen LogP contribution in [0.5, 0.6) is 0 Å². The summed E-state index contributed by atoms with van der Waals surface area (Å²) in [6.45, 7) is 0.850. The van der Waals surface area contributed by atoms with Gasteiger partial charge in [0.1, 0.15) is 0 Å². The third-order valence-electron chi connectivity index (χ3n) is 2.98. The lowest BCUT2D eigenvalue weighted by Crippen LogP contribution is -2.28. The Labute approximate surface area is 123 Å². The summed E-state index contributed by atoms with van der Waals surface area (Å²) in [7, 11) is 0. The second-order valence-electron chi connectivity index (χ2n) is 4.58. The van der Waals surface area contributed by atoms with E-state index >= 15 is 0 Å². The highest BCUT2D eigenvalue weighted by atomic mass is 16.2. The Hall–Kier alpha value is -2.82. The molecule has 0 bridgehead atoms. The second kappa shape index (κ2) is 7.09. The molecular weight excluding hydrogens is 266 g/mol. The monoisotopic (exact) mass is 283 g/mol. The number of hydrogen-bond acceptors (Lipinski definition) is 2. The van der Waals surface area contributed by atoms with Crippen LogP contribution in [-0.2, 0) is 13.1 Å². The van der Waals surface area contributed by atoms with E-state index in [1.807, 2.05) is 42.5 Å². The van der Waals surface area contributed by atoms with Crippen LogP contribution in [0.3, 0.4) is 0 Å². The van der Waals surface area contributed by atoms with E-state index in [2.05, 4.69) is 10.6 Å². The summed E-state index contributed by atoms with van der Waals surface area (Å²) in [5.41, 5.74) is 7.59. The van der Waals surface area contributed by atoms with Crippen LogP contribution in [0.15, 0.2) is 54.6 Å². The van der Waals surface area contributed by atoms with Gasteiger partial charge >= 0.3 is 6.03 Å². The molecule has 0 unspecified atom stereocenters. The highest BCUT2D eigenvalue weighted by molar-refractivity contribution is 5.94. The van der Waals surface area contributed by atoms with Crippen molar-refractivity contribution in [3.05, 3.63) is 71.3 Å². The van der Waals surface area contributed by atoms with Gasteiger partial charge in [-0.3, -0.25) is 4.79 Å². The Kier molecular flexibility index (Phi) is 4.93. The van der Waals surface area contributed by atoms with Crippen LogP contribution in [0.1, 0.15) is 21.5 Å². The number of rotatable bonds is 5. The van der Waals surface area contributed by atoms with E-state index in [0.717, 1.165) is 11.1 Å². The first-order chi connectivity index (χ1) is 10.1. The van der Waals surface area contributed by atoms with Gasteiger partial charge in [0.05, 0.1) is 0 Å². The molecule has 0 aliphatic carbocycles. The van der Waals surface area contributed by atoms with Crippen LogP contribution in [0.25, 0.3) is 0 Å². The lowest BCUT2D eigenvalue weighted by Gasteiger charge is -2.07. The Morgan fingerprint density at radius 1 is 0.810 bits per heavy atom. The molecule has 0 fully saturated rings. The molecule has 0 aliphatic heterocycles. The van der Waals surface area contributed by atoms with Crippen LogP contribution in [-0.4, -0.2) is 11.9 Å². The molecule has 2 aromatic carbocycles. The van der Waals surface area contributed by atoms with Crippen molar-refractivity contribution < 1.29 is 9.59 Å². The zero-order chi connectivity index (χ0) is 15.1. The molecular formula is C16H17N3O2. The van der Waals surface area contributed by atoms with Crippen molar-refractivity contribution in [2.24, 2.45) is 5.73 Å². The minimum atomic E-state index is -0.547. The lowest BCUT2D eigenvalue weighted by atomic mass is 10.1. The average molecular weight is 283 g/mol. The molecule has 0 aliphatic rings. The van der Waals surface area contributed by atoms with Gasteiger partial charge in [-0.25, -0.2) is 4.79 Å². The maximum atomic E-state index is 11.9. The Balaban J connectivity index is 1.86. The van der Waals surface area contributed by atoms with Crippen molar-refractivity contribution in [2.45, 2.75) is 13.1 Å². The zero-order valence-corrected chi connectivity index (χ0v) is 11.5. The van der Waals surface area contributed by atoms with Crippen molar-refractivity contribution in [3.8, 4) is 0 Å². The molecule has 0 atom stereocenters. The second-order valence-corrected chi connectivity index (χ2v) is 4.58. The number of carbonyl (C=O) groups is 2. The molecule has 0 saturated heterocycles. The van der Waals surface area contributed by atoms with Crippen molar-refractivity contribution >= 4 is 11.9 Å². The molecule has 108 valence electrons. The van der Waals surface area contributed by atoms with Gasteiger partial charge in [0, 0.05) is 18.7 Å². The third kappa shape index (κ3) is 4.65. The number of amides is 3. The lowest BCUT2D eigenvalue weighted by molar-refractivity contribution is 0.0951. The number of benzene rings is 2. The molecule has 3 amide bonds. The first kappa shape index (κ1) is 14.6. The van der Waals surface area contributed by atoms with E-state index in [4.69, 9.17) is 5.73 Å². The molecule has 0 saturated carbocycles. The predicted molar refractivity (Wildman–Crippen MR) is 80.5 cm³/mol. The van der Waals surface area contributed by atoms with Gasteiger partial charge in [0.25, 0.3) is 5.91 Å². The number of nitrogens with two attached hydrogens (primary N) is 1. The first-order valence-electron chi connectivity index (χ1n) is 6.59. The largest absolute Gasteiger partial charge is 0.352 e. The summed E-state index contributed by atoms with van der Waals surface area (Å²) in [5.74, 6) is -0.102. The van der Waals surface area contributed by atoms with E-state index in [9.17, 15) is 9.59 Å². The Bertz CT molecular complexity index is 609. The number of nitrogens with one attached hydrogen (secondary N) is 2. The summed E-state index contributed by atoms with van der Waals surface area (Å²) in [5, 5.41) is 5.38. The molecule has 5 heteroatoms. The van der Waals surface area contributed by atoms with Crippen molar-refractivity contribution in [2.75, 3.05) is 0 Å². The topological polar surface area (TPSA) is 84.2 Å². The van der Waals surface area contributed by atoms with Crippen LogP contribution >= 0.6 is 0 Å². The van der Waals surface area contributed by atoms with Crippen LogP contribution in [0.4, 0.5) is 4.79 Å². The van der Waals surface area contributed by atoms with E-state index < -0.39 is 6.03 Å². The third-order valence-corrected chi connectivity index (χ3v) is 2.98. The highest BCUT2D eigenvalue weighted by Gasteiger charge is 2.03. The van der Waals surface area contributed by atoms with E-state index in [1.54, 1.807) is 12.1 Å². The van der Waals surface area contributed by atoms with Gasteiger partial charge in [-0.15, -0.1) is 0 Å². The number of primary amides is 1. The summed E-state index contributed by atoms with van der Waals surface area (Å²) in [6.07, 6.45) is 0. The van der Waals surface area contributed by atoms with Crippen molar-refractivity contribution in [1.82, 2.24) is 10.6 Å². The highest BCUT2D eigenvalue weighted by Crippen LogP contribution is 2.05. The van der Waals surface area contributed by atoms with E-state index in [0.29, 0.717) is 18.7 Å². The van der Waals surface area contributed by atoms with Gasteiger partial charge in [0.15, 0.2) is 0 Å². The van der Waals surface area contributed by atoms with Crippen LogP contribution in [0, 0.1) is 0 Å². The smallest absolute Gasteiger partial charge is 0.312 e. The molecule has 0 radical (unpaired) electrons. The molecule has 21 heavy (non-hydrogen) atoms. The molecule has 4 N–H and O–H groups in total. The Morgan fingerprint density at radius 3 is 1.86 bits per heavy atom. The standard InChI is InChI=1S/C16H17N3O2/c17-16(21)19-11-13-8-6-12(7-9-13)10-18-15(20)14-4-2-1-3-5-14/h1-9H,10-11H2,(H,18,20)(H3,17,19,21). The zero-order valence-electron chi connectivity index (χ0n) is 11.5. The van der Waals surface area contributed by atoms with Crippen LogP contribution < -0.4 is 16.4 Å². The summed E-state index contributed by atoms with van der Waals surface area (Å²) in [6, 6.07) is 16.1. The fourth-order valence-electron chi connectivity index (χ4n) is 1.84. The fourth-order valence-corrected chi connectivity index (χ4v) is 1.84. The maximum Gasteiger partial charge on any atom is 0.312 e. The molecule has 0 spiro atoms. The predicted octanol–water partition coefficient (Wildman–Crippen LogP) is 1.78. The quantitative estimate of drug-likeness (QED) is 0.781. The van der Waals surface area contributed by atoms with Gasteiger partial charge in [-0.1, -0.05) is 42.5 Å². The van der Waals surface area contributed by atoms with Gasteiger partial charge in [0.2, 0.25) is 0 Å². The average Bonchev–Trinajstić information content (AvgIpc) is 2.52. The minimum Gasteiger partial charge on any atom is -0.352 e. The Morgan fingerprint density at radius 2 is 1.33 bits per heavy atom. The fraction of sp³-hybridized carbons (Fsp3) is 0.125. The normalized spacial score (nSPS) is 9.90. The number of urea groups is 1. The van der Waals surface area contributed by atoms with E-state index in [-0.39, 0.29) is 5.91 Å². The summed E-state index contributed by atoms with van der Waals surface area (Å²) < 4.78 is 0. The SMILES string of the molecule is NC(=O)NCc1ccc(CNC(=O)c2ccccc2)cc1. The minimum absolute atomic E-state index is 0.102. The van der Waals surface area contributed by atoms with Gasteiger partial charge in [-0.2, -0.15) is 0 Å². The van der Waals surface area contributed by atoms with E-state index in [1.165, 1.54) is 0 Å². The van der Waals surface area contributed by atoms with Gasteiger partial charge in [-0.05, 0) is 23.3 Å². The van der Waals surface area contributed by atoms with Gasteiger partial charge < -0.3 is 16.4 Å². The number of hydrogen-bond donors (Lipinski definition) is 3. The van der Waals surface area contributed by atoms with Crippen LogP contribution in [0.2, 0.25) is 0 Å². The van der Waals surface area contributed by atoms with Crippen molar-refractivity contribution in [3.63, 3.8) is 0 Å². The maximum absolute atomic E-state index is 11.9. The molecule has 0 heterocycles. The summed E-state index contributed by atoms with van der Waals surface area (Å²) in [4.78, 5) is 22.5. The molecule has 5 nitrogen and oxygen atoms in total. The molecule has 2 aromatic rings. The van der Waals surface area contributed by atoms with Crippen molar-refractivity contribution in [1.29, 1.82) is 0 Å². The molecule has 2 rings (SSSR count). The number of carbonyl (C=O) groups excluding carboxylic acids is 2. The summed E-state index contributed by atoms with van der Waals surface area (Å²) >= 11 is 0.